The van der Waals surface area contributed by atoms with Crippen molar-refractivity contribution in [3.8, 4) is 11.5 Å². The molecule has 3 aliphatic rings. The lowest BCUT2D eigenvalue weighted by molar-refractivity contribution is -0.119. The van der Waals surface area contributed by atoms with Gasteiger partial charge in [-0.2, -0.15) is 0 Å². The summed E-state index contributed by atoms with van der Waals surface area (Å²) in [6, 6.07) is 12.0. The Bertz CT molecular complexity index is 1420. The van der Waals surface area contributed by atoms with E-state index in [-0.39, 0.29) is 22.4 Å². The summed E-state index contributed by atoms with van der Waals surface area (Å²) in [7, 11) is 1.64. The zero-order chi connectivity index (χ0) is 29.7. The van der Waals surface area contributed by atoms with Crippen LogP contribution in [0.4, 0.5) is 0 Å². The van der Waals surface area contributed by atoms with E-state index in [2.05, 4.69) is 84.1 Å². The number of methoxy groups -OCH3 is 1. The minimum Gasteiger partial charge on any atom is -0.493 e. The molecule has 218 valence electrons. The quantitative estimate of drug-likeness (QED) is 0.267. The zero-order valence-corrected chi connectivity index (χ0v) is 28.6. The molecular formula is C34H39BrINO4. The van der Waals surface area contributed by atoms with E-state index in [1.165, 1.54) is 0 Å². The van der Waals surface area contributed by atoms with Gasteiger partial charge in [0.1, 0.15) is 6.61 Å². The summed E-state index contributed by atoms with van der Waals surface area (Å²) in [5.41, 5.74) is 5.48. The molecule has 1 heterocycles. The van der Waals surface area contributed by atoms with Crippen molar-refractivity contribution in [2.24, 2.45) is 10.8 Å². The van der Waals surface area contributed by atoms with E-state index < -0.39 is 5.92 Å². The molecule has 0 fully saturated rings. The maximum Gasteiger partial charge on any atom is 0.174 e. The maximum absolute atomic E-state index is 14.0. The van der Waals surface area contributed by atoms with Crippen LogP contribution in [0.2, 0.25) is 0 Å². The minimum atomic E-state index is -0.403. The summed E-state index contributed by atoms with van der Waals surface area (Å²) in [5.74, 6) is 1.16. The predicted molar refractivity (Wildman–Crippen MR) is 174 cm³/mol. The zero-order valence-electron chi connectivity index (χ0n) is 24.8. The third-order valence-electron chi connectivity index (χ3n) is 8.38. The van der Waals surface area contributed by atoms with Gasteiger partial charge in [-0.25, -0.2) is 0 Å². The molecule has 7 heteroatoms. The van der Waals surface area contributed by atoms with Crippen molar-refractivity contribution in [1.29, 1.82) is 0 Å². The van der Waals surface area contributed by atoms with E-state index in [1.54, 1.807) is 7.11 Å². The number of benzene rings is 2. The van der Waals surface area contributed by atoms with Crippen LogP contribution in [0.1, 0.15) is 83.8 Å². The molecule has 0 atom stereocenters. The Morgan fingerprint density at radius 2 is 1.54 bits per heavy atom. The van der Waals surface area contributed by atoms with Crippen molar-refractivity contribution >= 4 is 50.1 Å². The fraction of sp³-hybridized carbons (Fsp3) is 0.471. The maximum atomic E-state index is 14.0. The Hall–Kier alpha value is -2.13. The highest BCUT2D eigenvalue weighted by Gasteiger charge is 2.49. The number of Topliss-reactive ketones (excluding diaryl/α,β-unsaturated/α-hetero) is 2. The summed E-state index contributed by atoms with van der Waals surface area (Å²) < 4.78 is 14.0. The Balaban J connectivity index is 1.66. The second-order valence-corrected chi connectivity index (χ2v) is 15.1. The van der Waals surface area contributed by atoms with Crippen molar-refractivity contribution in [2.45, 2.75) is 79.2 Å². The molecule has 0 N–H and O–H groups in total. The van der Waals surface area contributed by atoms with Gasteiger partial charge in [0.2, 0.25) is 0 Å². The number of hydrogen-bond acceptors (Lipinski definition) is 5. The average Bonchev–Trinajstić information content (AvgIpc) is 2.88. The Morgan fingerprint density at radius 1 is 0.951 bits per heavy atom. The third-order valence-corrected chi connectivity index (χ3v) is 9.96. The van der Waals surface area contributed by atoms with Crippen molar-refractivity contribution in [3.63, 3.8) is 0 Å². The smallest absolute Gasteiger partial charge is 0.174 e. The first-order valence-electron chi connectivity index (χ1n) is 14.4. The van der Waals surface area contributed by atoms with Gasteiger partial charge in [0, 0.05) is 57.9 Å². The Morgan fingerprint density at radius 3 is 2.07 bits per heavy atom. The molecule has 2 aromatic carbocycles. The van der Waals surface area contributed by atoms with E-state index in [9.17, 15) is 9.59 Å². The standard InChI is InChI=1S/C34H39BrINO4/c1-7-12-37-24-15-33(2,3)17-26(38)30(24)29(31-25(37)16-34(4,5)18-27(31)39)21-13-23(36)32(28(14-21)40-6)41-19-20-10-8-9-11-22(20)35/h8-11,13-14,29H,7,12,15-19H2,1-6H3. The van der Waals surface area contributed by atoms with Gasteiger partial charge in [0.05, 0.1) is 10.7 Å². The van der Waals surface area contributed by atoms with Crippen LogP contribution in [0, 0.1) is 14.4 Å². The molecule has 0 bridgehead atoms. The van der Waals surface area contributed by atoms with Crippen LogP contribution < -0.4 is 9.47 Å². The monoisotopic (exact) mass is 731 g/mol. The first-order chi connectivity index (χ1) is 19.4. The second-order valence-electron chi connectivity index (χ2n) is 13.1. The molecule has 0 radical (unpaired) electrons. The normalized spacial score (nSPS) is 20.2. The molecule has 0 unspecified atom stereocenters. The van der Waals surface area contributed by atoms with E-state index in [4.69, 9.17) is 9.47 Å². The lowest BCUT2D eigenvalue weighted by atomic mass is 9.63. The summed E-state index contributed by atoms with van der Waals surface area (Å²) in [6.07, 6.45) is 3.53. The molecule has 5 nitrogen and oxygen atoms in total. The van der Waals surface area contributed by atoms with Gasteiger partial charge >= 0.3 is 0 Å². The molecule has 0 aromatic heterocycles. The summed E-state index contributed by atoms with van der Waals surface area (Å²) in [4.78, 5) is 30.3. The van der Waals surface area contributed by atoms with Crippen LogP contribution >= 0.6 is 38.5 Å². The third kappa shape index (κ3) is 5.90. The van der Waals surface area contributed by atoms with Crippen LogP contribution in [0.15, 0.2) is 63.4 Å². The van der Waals surface area contributed by atoms with E-state index in [0.717, 1.165) is 67.5 Å². The van der Waals surface area contributed by atoms with Gasteiger partial charge in [0.15, 0.2) is 23.1 Å². The number of ether oxygens (including phenoxy) is 2. The number of allylic oxidation sites excluding steroid dienone is 4. The number of carbonyl (C=O) groups is 2. The van der Waals surface area contributed by atoms with E-state index in [0.29, 0.717) is 30.9 Å². The molecule has 5 rings (SSSR count). The van der Waals surface area contributed by atoms with Crippen LogP contribution in [0.25, 0.3) is 0 Å². The number of rotatable bonds is 7. The van der Waals surface area contributed by atoms with E-state index in [1.807, 2.05) is 30.3 Å². The lowest BCUT2D eigenvalue weighted by Gasteiger charge is -2.49. The van der Waals surface area contributed by atoms with Crippen molar-refractivity contribution in [3.05, 3.63) is 78.1 Å². The number of nitrogens with zero attached hydrogens (tertiary/aromatic N) is 1. The van der Waals surface area contributed by atoms with Gasteiger partial charge in [-0.1, -0.05) is 68.7 Å². The number of carbonyl (C=O) groups excluding carboxylic acids is 2. The molecule has 1 aliphatic heterocycles. The highest BCUT2D eigenvalue weighted by atomic mass is 127. The SMILES string of the molecule is CCCN1C2=C(C(=O)CC(C)(C)C2)C(c2cc(I)c(OCc3ccccc3Br)c(OC)c2)C2=C1CC(C)(C)CC2=O. The average molecular weight is 732 g/mol. The van der Waals surface area contributed by atoms with Gasteiger partial charge in [0.25, 0.3) is 0 Å². The summed E-state index contributed by atoms with van der Waals surface area (Å²) in [6.45, 7) is 12.1. The van der Waals surface area contributed by atoms with Crippen molar-refractivity contribution in [2.75, 3.05) is 13.7 Å². The number of hydrogen-bond donors (Lipinski definition) is 0. The molecule has 0 saturated heterocycles. The second kappa shape index (κ2) is 11.5. The Labute approximate surface area is 266 Å². The van der Waals surface area contributed by atoms with Crippen LogP contribution in [0.3, 0.4) is 0 Å². The van der Waals surface area contributed by atoms with Gasteiger partial charge in [-0.15, -0.1) is 0 Å². The minimum absolute atomic E-state index is 0.131. The van der Waals surface area contributed by atoms with Crippen LogP contribution in [0.5, 0.6) is 11.5 Å². The molecule has 0 amide bonds. The Kier molecular flexibility index (Phi) is 8.52. The van der Waals surface area contributed by atoms with Gasteiger partial charge in [-0.05, 0) is 76.4 Å². The lowest BCUT2D eigenvalue weighted by Crippen LogP contribution is -2.44. The summed E-state index contributed by atoms with van der Waals surface area (Å²) in [5, 5.41) is 0. The largest absolute Gasteiger partial charge is 0.493 e. The molecule has 0 saturated carbocycles. The molecule has 0 spiro atoms. The number of ketones is 2. The fourth-order valence-corrected chi connectivity index (χ4v) is 7.87. The predicted octanol–water partition coefficient (Wildman–Crippen LogP) is 8.74. The fourth-order valence-electron chi connectivity index (χ4n) is 6.69. The van der Waals surface area contributed by atoms with Crippen LogP contribution in [-0.2, 0) is 16.2 Å². The molecular weight excluding hydrogens is 693 g/mol. The molecule has 2 aliphatic carbocycles. The first kappa shape index (κ1) is 30.3. The highest BCUT2D eigenvalue weighted by molar-refractivity contribution is 14.1. The van der Waals surface area contributed by atoms with Gasteiger partial charge in [-0.3, -0.25) is 9.59 Å². The van der Waals surface area contributed by atoms with E-state index >= 15 is 0 Å². The van der Waals surface area contributed by atoms with Crippen molar-refractivity contribution < 1.29 is 19.1 Å². The van der Waals surface area contributed by atoms with Crippen molar-refractivity contribution in [1.82, 2.24) is 4.90 Å². The highest BCUT2D eigenvalue weighted by Crippen LogP contribution is 2.55. The summed E-state index contributed by atoms with van der Waals surface area (Å²) >= 11 is 5.89. The first-order valence-corrected chi connectivity index (χ1v) is 16.3. The molecule has 2 aromatic rings. The number of halogens is 2. The van der Waals surface area contributed by atoms with Gasteiger partial charge < -0.3 is 14.4 Å². The topological polar surface area (TPSA) is 55.8 Å². The molecule has 41 heavy (non-hydrogen) atoms. The van der Waals surface area contributed by atoms with Crippen LogP contribution in [-0.4, -0.2) is 30.1 Å².